The summed E-state index contributed by atoms with van der Waals surface area (Å²) in [4.78, 5) is 32.9. The predicted octanol–water partition coefficient (Wildman–Crippen LogP) is -0.0582. The van der Waals surface area contributed by atoms with Crippen molar-refractivity contribution >= 4 is 23.5 Å². The first kappa shape index (κ1) is 13.7. The fraction of sp³-hybridized carbons (Fsp3) is 0.250. The van der Waals surface area contributed by atoms with Crippen molar-refractivity contribution < 1.29 is 24.2 Å². The van der Waals surface area contributed by atoms with E-state index in [1.54, 1.807) is 6.92 Å². The van der Waals surface area contributed by atoms with Crippen LogP contribution in [0.25, 0.3) is 0 Å². The molecule has 96 valence electrons. The van der Waals surface area contributed by atoms with Gasteiger partial charge in [-0.3, -0.25) is 9.59 Å². The lowest BCUT2D eigenvalue weighted by Crippen LogP contribution is -2.22. The summed E-state index contributed by atoms with van der Waals surface area (Å²) in [5.41, 5.74) is 0.410. The number of aromatic carboxylic acids is 1. The number of amides is 1. The molecular weight excluding hydrogens is 238 g/mol. The van der Waals surface area contributed by atoms with Gasteiger partial charge >= 0.3 is 5.97 Å². The van der Waals surface area contributed by atoms with Gasteiger partial charge < -0.3 is 20.0 Å². The molecule has 6 nitrogen and oxygen atoms in total. The highest BCUT2D eigenvalue weighted by Gasteiger charge is 2.10. The number of benzene rings is 1. The van der Waals surface area contributed by atoms with E-state index < -0.39 is 17.8 Å². The number of rotatable bonds is 5. The summed E-state index contributed by atoms with van der Waals surface area (Å²) in [6, 6.07) is 5.42. The Morgan fingerprint density at radius 1 is 1.22 bits per heavy atom. The van der Waals surface area contributed by atoms with Crippen LogP contribution in [0.2, 0.25) is 0 Å². The first-order valence-corrected chi connectivity index (χ1v) is 5.29. The number of esters is 1. The van der Waals surface area contributed by atoms with Crippen LogP contribution in [0.1, 0.15) is 23.7 Å². The van der Waals surface area contributed by atoms with Gasteiger partial charge in [-0.05, 0) is 24.6 Å². The van der Waals surface area contributed by atoms with Crippen LogP contribution in [-0.2, 0) is 14.3 Å². The summed E-state index contributed by atoms with van der Waals surface area (Å²) in [5, 5.41) is 12.9. The zero-order chi connectivity index (χ0) is 13.5. The highest BCUT2D eigenvalue weighted by molar-refractivity contribution is 6.02. The SMILES string of the molecule is CCOC(=O)CC(=O)Nc1ccc(C(=O)[O-])cc1. The zero-order valence-corrected chi connectivity index (χ0v) is 9.76. The van der Waals surface area contributed by atoms with Gasteiger partial charge in [0.25, 0.3) is 0 Å². The van der Waals surface area contributed by atoms with Crippen molar-refractivity contribution in [2.24, 2.45) is 0 Å². The second kappa shape index (κ2) is 6.39. The molecule has 0 aromatic heterocycles. The fourth-order valence-corrected chi connectivity index (χ4v) is 1.24. The maximum absolute atomic E-state index is 11.4. The number of carboxylic acid groups (broad SMARTS) is 1. The van der Waals surface area contributed by atoms with E-state index in [0.29, 0.717) is 5.69 Å². The summed E-state index contributed by atoms with van der Waals surface area (Å²) in [5.74, 6) is -2.42. The summed E-state index contributed by atoms with van der Waals surface area (Å²) in [7, 11) is 0. The molecule has 1 amide bonds. The minimum Gasteiger partial charge on any atom is -0.545 e. The van der Waals surface area contributed by atoms with Gasteiger partial charge in [-0.1, -0.05) is 12.1 Å². The molecule has 18 heavy (non-hydrogen) atoms. The highest BCUT2D eigenvalue weighted by atomic mass is 16.5. The maximum Gasteiger partial charge on any atom is 0.315 e. The number of carbonyl (C=O) groups excluding carboxylic acids is 3. The van der Waals surface area contributed by atoms with Crippen LogP contribution < -0.4 is 10.4 Å². The lowest BCUT2D eigenvalue weighted by molar-refractivity contribution is -0.255. The molecule has 1 aromatic carbocycles. The van der Waals surface area contributed by atoms with Crippen LogP contribution >= 0.6 is 0 Å². The molecule has 0 unspecified atom stereocenters. The van der Waals surface area contributed by atoms with E-state index in [1.807, 2.05) is 0 Å². The van der Waals surface area contributed by atoms with Crippen molar-refractivity contribution in [3.63, 3.8) is 0 Å². The fourth-order valence-electron chi connectivity index (χ4n) is 1.24. The van der Waals surface area contributed by atoms with E-state index in [2.05, 4.69) is 10.1 Å². The van der Waals surface area contributed by atoms with Gasteiger partial charge in [-0.15, -0.1) is 0 Å². The number of carboxylic acids is 1. The number of anilines is 1. The number of carbonyl (C=O) groups is 3. The van der Waals surface area contributed by atoms with E-state index in [0.717, 1.165) is 0 Å². The maximum atomic E-state index is 11.4. The Morgan fingerprint density at radius 3 is 2.33 bits per heavy atom. The Labute approximate surface area is 104 Å². The van der Waals surface area contributed by atoms with Gasteiger partial charge in [0, 0.05) is 5.69 Å². The van der Waals surface area contributed by atoms with E-state index >= 15 is 0 Å². The smallest absolute Gasteiger partial charge is 0.315 e. The van der Waals surface area contributed by atoms with Gasteiger partial charge in [-0.2, -0.15) is 0 Å². The molecule has 0 saturated heterocycles. The number of nitrogens with one attached hydrogen (secondary N) is 1. The molecule has 1 rings (SSSR count). The van der Waals surface area contributed by atoms with Gasteiger partial charge in [0.15, 0.2) is 0 Å². The standard InChI is InChI=1S/C12H13NO5/c1-2-18-11(15)7-10(14)13-9-5-3-8(4-6-9)12(16)17/h3-6H,2,7H2,1H3,(H,13,14)(H,16,17)/p-1. The van der Waals surface area contributed by atoms with E-state index in [4.69, 9.17) is 0 Å². The van der Waals surface area contributed by atoms with Crippen LogP contribution in [0.15, 0.2) is 24.3 Å². The molecule has 1 aromatic rings. The van der Waals surface area contributed by atoms with E-state index in [9.17, 15) is 19.5 Å². The molecule has 0 aliphatic carbocycles. The van der Waals surface area contributed by atoms with Gasteiger partial charge in [0.05, 0.1) is 12.6 Å². The average molecular weight is 250 g/mol. The largest absolute Gasteiger partial charge is 0.545 e. The average Bonchev–Trinajstić information content (AvgIpc) is 2.29. The predicted molar refractivity (Wildman–Crippen MR) is 60.7 cm³/mol. The number of ether oxygens (including phenoxy) is 1. The van der Waals surface area contributed by atoms with Crippen molar-refractivity contribution in [3.8, 4) is 0 Å². The Hall–Kier alpha value is -2.37. The second-order valence-corrected chi connectivity index (χ2v) is 3.39. The molecule has 0 spiro atoms. The van der Waals surface area contributed by atoms with Crippen molar-refractivity contribution in [1.82, 2.24) is 0 Å². The van der Waals surface area contributed by atoms with Crippen LogP contribution in [0.3, 0.4) is 0 Å². The van der Waals surface area contributed by atoms with Crippen LogP contribution in [0.4, 0.5) is 5.69 Å². The topological polar surface area (TPSA) is 95.5 Å². The van der Waals surface area contributed by atoms with Crippen molar-refractivity contribution in [3.05, 3.63) is 29.8 Å². The molecule has 0 atom stereocenters. The molecule has 0 aliphatic heterocycles. The monoisotopic (exact) mass is 250 g/mol. The Kier molecular flexibility index (Phi) is 4.86. The molecular formula is C12H12NO5-. The lowest BCUT2D eigenvalue weighted by Gasteiger charge is -2.06. The number of hydrogen-bond donors (Lipinski definition) is 1. The summed E-state index contributed by atoms with van der Waals surface area (Å²) >= 11 is 0. The van der Waals surface area contributed by atoms with Crippen molar-refractivity contribution in [2.75, 3.05) is 11.9 Å². The molecule has 1 N–H and O–H groups in total. The van der Waals surface area contributed by atoms with E-state index in [1.165, 1.54) is 24.3 Å². The van der Waals surface area contributed by atoms with Crippen LogP contribution in [0, 0.1) is 0 Å². The Balaban J connectivity index is 2.54. The van der Waals surface area contributed by atoms with Crippen molar-refractivity contribution in [2.45, 2.75) is 13.3 Å². The third-order valence-electron chi connectivity index (χ3n) is 2.01. The molecule has 0 radical (unpaired) electrons. The molecule has 0 fully saturated rings. The summed E-state index contributed by atoms with van der Waals surface area (Å²) in [6.07, 6.45) is -0.379. The minimum atomic E-state index is -1.29. The first-order valence-electron chi connectivity index (χ1n) is 5.29. The zero-order valence-electron chi connectivity index (χ0n) is 9.76. The third kappa shape index (κ3) is 4.25. The summed E-state index contributed by atoms with van der Waals surface area (Å²) in [6.45, 7) is 1.86. The van der Waals surface area contributed by atoms with Crippen LogP contribution in [-0.4, -0.2) is 24.5 Å². The normalized spacial score (nSPS) is 9.61. The molecule has 0 heterocycles. The third-order valence-corrected chi connectivity index (χ3v) is 2.01. The van der Waals surface area contributed by atoms with Crippen LogP contribution in [0.5, 0.6) is 0 Å². The summed E-state index contributed by atoms with van der Waals surface area (Å²) < 4.78 is 4.62. The first-order chi connectivity index (χ1) is 8.52. The van der Waals surface area contributed by atoms with Gasteiger partial charge in [0.1, 0.15) is 6.42 Å². The van der Waals surface area contributed by atoms with Crippen molar-refractivity contribution in [1.29, 1.82) is 0 Å². The minimum absolute atomic E-state index is 0.0124. The Morgan fingerprint density at radius 2 is 1.83 bits per heavy atom. The lowest BCUT2D eigenvalue weighted by atomic mass is 10.2. The van der Waals surface area contributed by atoms with Gasteiger partial charge in [0.2, 0.25) is 5.91 Å². The number of hydrogen-bond acceptors (Lipinski definition) is 5. The highest BCUT2D eigenvalue weighted by Crippen LogP contribution is 2.09. The molecule has 0 aliphatic rings. The van der Waals surface area contributed by atoms with E-state index in [-0.39, 0.29) is 18.6 Å². The molecule has 6 heteroatoms. The van der Waals surface area contributed by atoms with Gasteiger partial charge in [-0.25, -0.2) is 0 Å². The molecule has 0 saturated carbocycles. The quantitative estimate of drug-likeness (QED) is 0.583. The molecule has 0 bridgehead atoms. The second-order valence-electron chi connectivity index (χ2n) is 3.39. The Bertz CT molecular complexity index is 452.